The summed E-state index contributed by atoms with van der Waals surface area (Å²) in [4.78, 5) is 23.5. The lowest BCUT2D eigenvalue weighted by Crippen LogP contribution is -2.15. The van der Waals surface area contributed by atoms with Crippen molar-refractivity contribution in [3.05, 3.63) is 78.1 Å². The average Bonchev–Trinajstić information content (AvgIpc) is 2.63. The van der Waals surface area contributed by atoms with Crippen LogP contribution in [0.3, 0.4) is 0 Å². The molecule has 0 unspecified atom stereocenters. The van der Waals surface area contributed by atoms with Crippen LogP contribution in [0.1, 0.15) is 10.4 Å². The molecule has 6 nitrogen and oxygen atoms in total. The van der Waals surface area contributed by atoms with Crippen LogP contribution < -0.4 is 16.4 Å². The fourth-order valence-corrected chi connectivity index (χ4v) is 2.57. The normalized spacial score (nSPS) is 10.3. The van der Waals surface area contributed by atoms with Crippen molar-refractivity contribution in [3.8, 4) is 11.1 Å². The van der Waals surface area contributed by atoms with Gasteiger partial charge in [0.25, 0.3) is 5.91 Å². The molecule has 3 aromatic carbocycles. The maximum absolute atomic E-state index is 13.1. The molecule has 0 aliphatic carbocycles. The van der Waals surface area contributed by atoms with Crippen LogP contribution in [0.2, 0.25) is 0 Å². The summed E-state index contributed by atoms with van der Waals surface area (Å²) in [6.07, 6.45) is -1.26. The van der Waals surface area contributed by atoms with Gasteiger partial charge < -0.3 is 16.2 Å². The van der Waals surface area contributed by atoms with Gasteiger partial charge in [-0.1, -0.05) is 24.3 Å². The van der Waals surface area contributed by atoms with Crippen molar-refractivity contribution in [2.45, 2.75) is 0 Å². The Morgan fingerprint density at radius 2 is 1.56 bits per heavy atom. The van der Waals surface area contributed by atoms with Crippen molar-refractivity contribution < 1.29 is 19.1 Å². The molecule has 5 N–H and O–H groups in total. The van der Waals surface area contributed by atoms with Crippen molar-refractivity contribution >= 4 is 29.1 Å². The summed E-state index contributed by atoms with van der Waals surface area (Å²) in [5.41, 5.74) is 8.36. The minimum Gasteiger partial charge on any atom is -0.465 e. The Morgan fingerprint density at radius 1 is 0.852 bits per heavy atom. The number of amides is 2. The molecule has 0 radical (unpaired) electrons. The summed E-state index contributed by atoms with van der Waals surface area (Å²) in [5.74, 6) is -0.801. The molecule has 0 aliphatic rings. The molecule has 2 amide bonds. The highest BCUT2D eigenvalue weighted by molar-refractivity contribution is 6.07. The predicted octanol–water partition coefficient (Wildman–Crippen LogP) is 4.42. The second-order valence-electron chi connectivity index (χ2n) is 5.78. The zero-order valence-electron chi connectivity index (χ0n) is 14.1. The van der Waals surface area contributed by atoms with Gasteiger partial charge in [-0.3, -0.25) is 10.1 Å². The third-order valence-electron chi connectivity index (χ3n) is 3.84. The zero-order valence-corrected chi connectivity index (χ0v) is 14.1. The van der Waals surface area contributed by atoms with Crippen molar-refractivity contribution in [2.24, 2.45) is 0 Å². The van der Waals surface area contributed by atoms with Crippen LogP contribution in [0, 0.1) is 5.82 Å². The van der Waals surface area contributed by atoms with Crippen molar-refractivity contribution in [1.82, 2.24) is 0 Å². The second-order valence-corrected chi connectivity index (χ2v) is 5.78. The van der Waals surface area contributed by atoms with Crippen molar-refractivity contribution in [3.63, 3.8) is 0 Å². The number of anilines is 3. The Morgan fingerprint density at radius 3 is 2.22 bits per heavy atom. The molecular formula is C20H16FN3O3. The van der Waals surface area contributed by atoms with Gasteiger partial charge in [0.2, 0.25) is 0 Å². The van der Waals surface area contributed by atoms with E-state index in [1.54, 1.807) is 42.5 Å². The average molecular weight is 365 g/mol. The second kappa shape index (κ2) is 7.57. The standard InChI is InChI=1S/C20H16FN3O3/c21-15-7-4-12(5-8-15)13-6-9-17(24-20(26)27)18(11-13)23-19(25)14-2-1-3-16(22)10-14/h1-11,24H,22H2,(H,23,25)(H,26,27). The van der Waals surface area contributed by atoms with Crippen LogP contribution in [-0.2, 0) is 0 Å². The highest BCUT2D eigenvalue weighted by atomic mass is 19.1. The molecule has 136 valence electrons. The van der Waals surface area contributed by atoms with Gasteiger partial charge in [0.05, 0.1) is 11.4 Å². The lowest BCUT2D eigenvalue weighted by Gasteiger charge is -2.13. The first-order valence-electron chi connectivity index (χ1n) is 7.99. The van der Waals surface area contributed by atoms with Gasteiger partial charge in [-0.05, 0) is 53.6 Å². The van der Waals surface area contributed by atoms with E-state index >= 15 is 0 Å². The molecule has 0 heterocycles. The first-order chi connectivity index (χ1) is 12.9. The molecule has 0 aliphatic heterocycles. The van der Waals surface area contributed by atoms with Crippen LogP contribution in [0.25, 0.3) is 11.1 Å². The maximum Gasteiger partial charge on any atom is 0.409 e. The number of halogens is 1. The highest BCUT2D eigenvalue weighted by Crippen LogP contribution is 2.30. The highest BCUT2D eigenvalue weighted by Gasteiger charge is 2.13. The number of rotatable bonds is 4. The Kier molecular flexibility index (Phi) is 5.03. The first-order valence-corrected chi connectivity index (χ1v) is 7.99. The van der Waals surface area contributed by atoms with E-state index in [0.717, 1.165) is 5.56 Å². The van der Waals surface area contributed by atoms with Crippen LogP contribution in [-0.4, -0.2) is 17.1 Å². The molecule has 27 heavy (non-hydrogen) atoms. The molecule has 0 fully saturated rings. The summed E-state index contributed by atoms with van der Waals surface area (Å²) in [5, 5.41) is 13.9. The summed E-state index contributed by atoms with van der Waals surface area (Å²) >= 11 is 0. The minimum atomic E-state index is -1.26. The third kappa shape index (κ3) is 4.40. The lowest BCUT2D eigenvalue weighted by atomic mass is 10.0. The fourth-order valence-electron chi connectivity index (χ4n) is 2.57. The summed E-state index contributed by atoms with van der Waals surface area (Å²) < 4.78 is 13.1. The van der Waals surface area contributed by atoms with E-state index in [0.29, 0.717) is 16.8 Å². The molecule has 0 spiro atoms. The molecule has 0 atom stereocenters. The monoisotopic (exact) mass is 365 g/mol. The molecule has 0 saturated carbocycles. The Bertz CT molecular complexity index is 1000. The van der Waals surface area contributed by atoms with E-state index in [1.807, 2.05) is 0 Å². The smallest absolute Gasteiger partial charge is 0.409 e. The van der Waals surface area contributed by atoms with E-state index in [2.05, 4.69) is 10.6 Å². The number of benzene rings is 3. The number of carbonyl (C=O) groups is 2. The van der Waals surface area contributed by atoms with E-state index in [-0.39, 0.29) is 17.2 Å². The van der Waals surface area contributed by atoms with E-state index in [1.165, 1.54) is 24.3 Å². The summed E-state index contributed by atoms with van der Waals surface area (Å²) in [6, 6.07) is 17.1. The molecule has 7 heteroatoms. The first kappa shape index (κ1) is 17.9. The predicted molar refractivity (Wildman–Crippen MR) is 102 cm³/mol. The van der Waals surface area contributed by atoms with Gasteiger partial charge in [-0.25, -0.2) is 9.18 Å². The van der Waals surface area contributed by atoms with Crippen LogP contribution >= 0.6 is 0 Å². The number of hydrogen-bond acceptors (Lipinski definition) is 3. The fraction of sp³-hybridized carbons (Fsp3) is 0. The van der Waals surface area contributed by atoms with E-state index in [4.69, 9.17) is 10.8 Å². The Hall–Kier alpha value is -3.87. The van der Waals surface area contributed by atoms with E-state index in [9.17, 15) is 14.0 Å². The van der Waals surface area contributed by atoms with E-state index < -0.39 is 12.0 Å². The number of nitrogens with two attached hydrogens (primary N) is 1. The van der Waals surface area contributed by atoms with Gasteiger partial charge in [0.1, 0.15) is 5.82 Å². The Labute approximate surface area is 154 Å². The summed E-state index contributed by atoms with van der Waals surface area (Å²) in [6.45, 7) is 0. The Balaban J connectivity index is 1.96. The maximum atomic E-state index is 13.1. The number of hydrogen-bond donors (Lipinski definition) is 4. The number of nitrogen functional groups attached to an aromatic ring is 1. The summed E-state index contributed by atoms with van der Waals surface area (Å²) in [7, 11) is 0. The van der Waals surface area contributed by atoms with Crippen molar-refractivity contribution in [1.29, 1.82) is 0 Å². The molecular weight excluding hydrogens is 349 g/mol. The van der Waals surface area contributed by atoms with Gasteiger partial charge in [-0.2, -0.15) is 0 Å². The molecule has 0 bridgehead atoms. The van der Waals surface area contributed by atoms with Crippen molar-refractivity contribution in [2.75, 3.05) is 16.4 Å². The minimum absolute atomic E-state index is 0.214. The number of carbonyl (C=O) groups excluding carboxylic acids is 1. The lowest BCUT2D eigenvalue weighted by molar-refractivity contribution is 0.102. The molecule has 3 aromatic rings. The molecule has 3 rings (SSSR count). The largest absolute Gasteiger partial charge is 0.465 e. The third-order valence-corrected chi connectivity index (χ3v) is 3.84. The van der Waals surface area contributed by atoms with Gasteiger partial charge in [-0.15, -0.1) is 0 Å². The SMILES string of the molecule is Nc1cccc(C(=O)Nc2cc(-c3ccc(F)cc3)ccc2NC(=O)O)c1. The topological polar surface area (TPSA) is 104 Å². The van der Waals surface area contributed by atoms with Gasteiger partial charge in [0, 0.05) is 11.3 Å². The van der Waals surface area contributed by atoms with Gasteiger partial charge >= 0.3 is 6.09 Å². The number of carboxylic acid groups (broad SMARTS) is 1. The quantitative estimate of drug-likeness (QED) is 0.514. The van der Waals surface area contributed by atoms with Crippen LogP contribution in [0.4, 0.5) is 26.2 Å². The number of nitrogens with one attached hydrogen (secondary N) is 2. The van der Waals surface area contributed by atoms with Crippen LogP contribution in [0.15, 0.2) is 66.7 Å². The van der Waals surface area contributed by atoms with Crippen LogP contribution in [0.5, 0.6) is 0 Å². The molecule has 0 aromatic heterocycles. The zero-order chi connectivity index (χ0) is 19.4. The van der Waals surface area contributed by atoms with Gasteiger partial charge in [0.15, 0.2) is 0 Å². The molecule has 0 saturated heterocycles.